The number of esters is 3. The van der Waals surface area contributed by atoms with Crippen molar-refractivity contribution in [1.29, 1.82) is 0 Å². The second-order valence-electron chi connectivity index (χ2n) is 10.3. The van der Waals surface area contributed by atoms with E-state index in [1.807, 2.05) is 6.92 Å². The highest BCUT2D eigenvalue weighted by Gasteiger charge is 2.58. The van der Waals surface area contributed by atoms with E-state index in [0.29, 0.717) is 17.6 Å². The molecule has 15 nitrogen and oxygen atoms in total. The fourth-order valence-corrected chi connectivity index (χ4v) is 6.11. The minimum atomic E-state index is -4.40. The number of nitrogens with one attached hydrogen (secondary N) is 1. The number of carbonyl (C=O) groups is 3. The molecular formula is C29H38N5O10P. The Bertz CT molecular complexity index is 1540. The average Bonchev–Trinajstić information content (AvgIpc) is 3.61. The molecule has 0 saturated carbocycles. The van der Waals surface area contributed by atoms with Gasteiger partial charge in [0, 0.05) is 12.8 Å². The van der Waals surface area contributed by atoms with Gasteiger partial charge >= 0.3 is 25.7 Å². The molecule has 1 fully saturated rings. The van der Waals surface area contributed by atoms with Crippen LogP contribution in [0.5, 0.6) is 5.75 Å². The molecule has 1 aromatic carbocycles. The first-order valence-electron chi connectivity index (χ1n) is 14.6. The minimum Gasteiger partial charge on any atom is -0.465 e. The number of hydrogen-bond donors (Lipinski definition) is 2. The summed E-state index contributed by atoms with van der Waals surface area (Å²) in [6.07, 6.45) is -0.484. The molecule has 4 rings (SSSR count). The molecule has 1 saturated heterocycles. The number of fused-ring (bicyclic) bond motifs is 1. The summed E-state index contributed by atoms with van der Waals surface area (Å²) in [4.78, 5) is 42.1. The van der Waals surface area contributed by atoms with Gasteiger partial charge in [0.1, 0.15) is 36.3 Å². The molecule has 0 amide bonds. The molecule has 0 spiro atoms. The third kappa shape index (κ3) is 7.98. The second-order valence-corrected chi connectivity index (χ2v) is 12.0. The summed E-state index contributed by atoms with van der Waals surface area (Å²) in [7, 11) is -4.40. The van der Waals surface area contributed by atoms with Crippen molar-refractivity contribution in [3.63, 3.8) is 0 Å². The Balaban J connectivity index is 1.72. The van der Waals surface area contributed by atoms with Gasteiger partial charge in [0.05, 0.1) is 18.9 Å². The molecular weight excluding hydrogens is 609 g/mol. The van der Waals surface area contributed by atoms with Gasteiger partial charge in [0.15, 0.2) is 17.5 Å². The van der Waals surface area contributed by atoms with Crippen molar-refractivity contribution in [2.45, 2.75) is 70.8 Å². The van der Waals surface area contributed by atoms with Crippen molar-refractivity contribution in [3.05, 3.63) is 54.5 Å². The Morgan fingerprint density at radius 1 is 1.13 bits per heavy atom. The number of nitrogens with two attached hydrogens (primary N) is 1. The van der Waals surface area contributed by atoms with Crippen molar-refractivity contribution >= 4 is 37.0 Å². The predicted molar refractivity (Wildman–Crippen MR) is 160 cm³/mol. The van der Waals surface area contributed by atoms with E-state index in [0.717, 1.165) is 0 Å². The van der Waals surface area contributed by atoms with Gasteiger partial charge in [0.25, 0.3) is 0 Å². The minimum absolute atomic E-state index is 0.000452. The maximum Gasteiger partial charge on any atom is 0.459 e. The van der Waals surface area contributed by atoms with Crippen LogP contribution >= 0.6 is 7.75 Å². The topological polar surface area (TPSA) is 192 Å². The van der Waals surface area contributed by atoms with E-state index in [-0.39, 0.29) is 37.6 Å². The number of aromatic nitrogens is 3. The van der Waals surface area contributed by atoms with Crippen LogP contribution in [0.2, 0.25) is 0 Å². The number of carbonyl (C=O) groups excluding carboxylic acids is 3. The molecule has 0 radical (unpaired) electrons. The van der Waals surface area contributed by atoms with Crippen LogP contribution < -0.4 is 15.3 Å². The zero-order chi connectivity index (χ0) is 32.6. The highest BCUT2D eigenvalue weighted by Crippen LogP contribution is 2.49. The molecule has 3 N–H and O–H groups in total. The van der Waals surface area contributed by atoms with Gasteiger partial charge in [-0.3, -0.25) is 18.9 Å². The quantitative estimate of drug-likeness (QED) is 0.138. The first-order valence-corrected chi connectivity index (χ1v) is 16.1. The molecule has 0 aliphatic carbocycles. The van der Waals surface area contributed by atoms with E-state index >= 15 is 0 Å². The van der Waals surface area contributed by atoms with Crippen LogP contribution in [0, 0.1) is 0 Å². The number of ether oxygens (including phenoxy) is 4. The van der Waals surface area contributed by atoms with Gasteiger partial charge in [-0.15, -0.1) is 0 Å². The average molecular weight is 648 g/mol. The molecule has 45 heavy (non-hydrogen) atoms. The van der Waals surface area contributed by atoms with E-state index in [1.165, 1.54) is 17.8 Å². The van der Waals surface area contributed by atoms with Gasteiger partial charge in [-0.05, 0) is 37.6 Å². The zero-order valence-electron chi connectivity index (χ0n) is 25.5. The summed E-state index contributed by atoms with van der Waals surface area (Å²) >= 11 is 0. The first-order chi connectivity index (χ1) is 21.5. The number of para-hydroxylation sites is 1. The number of nitrogen functional groups attached to an aromatic ring is 1. The SMILES string of the molecule is CCCOC(=O)[C@H](C)N[P@](=O)(OCC1(OC(=O)CC)CO[C@@H](c2ccc3c(N)ncnn23)[C@@H]1OC(=O)CC)Oc1ccccc1. The lowest BCUT2D eigenvalue weighted by Crippen LogP contribution is -2.52. The van der Waals surface area contributed by atoms with E-state index in [9.17, 15) is 18.9 Å². The highest BCUT2D eigenvalue weighted by molar-refractivity contribution is 7.52. The number of rotatable bonds is 15. The van der Waals surface area contributed by atoms with E-state index < -0.39 is 56.1 Å². The molecule has 5 atom stereocenters. The third-order valence-electron chi connectivity index (χ3n) is 6.86. The molecule has 244 valence electrons. The van der Waals surface area contributed by atoms with Crippen LogP contribution in [0.25, 0.3) is 5.52 Å². The summed E-state index contributed by atoms with van der Waals surface area (Å²) in [5.41, 5.74) is 5.12. The van der Waals surface area contributed by atoms with Crippen molar-refractivity contribution < 1.29 is 46.9 Å². The standard InChI is InChI=1S/C29H38N5O10P/c1-5-15-39-28(37)19(4)33-45(38,44-20-11-9-8-10-12-20)41-17-29(43-24(36)7-3)16-40-25(26(29)42-23(35)6-2)21-13-14-22-27(30)31-18-32-34(21)22/h8-14,18-19,25-26H,5-7,15-17H2,1-4H3,(H,33,38)(H2,30,31,32)/t19-,25-,26-,29?,45-/m0/s1. The first kappa shape index (κ1) is 33.8. The zero-order valence-corrected chi connectivity index (χ0v) is 26.4. The van der Waals surface area contributed by atoms with Crippen molar-refractivity contribution in [1.82, 2.24) is 19.7 Å². The number of anilines is 1. The lowest BCUT2D eigenvalue weighted by Gasteiger charge is -2.35. The summed E-state index contributed by atoms with van der Waals surface area (Å²) in [5, 5.41) is 6.86. The third-order valence-corrected chi connectivity index (χ3v) is 8.48. The molecule has 1 aliphatic rings. The van der Waals surface area contributed by atoms with Crippen LogP contribution in [-0.4, -0.2) is 70.1 Å². The molecule has 0 bridgehead atoms. The van der Waals surface area contributed by atoms with Crippen molar-refractivity contribution in [3.8, 4) is 5.75 Å². The summed E-state index contributed by atoms with van der Waals surface area (Å²) in [5.74, 6) is -1.56. The lowest BCUT2D eigenvalue weighted by molar-refractivity contribution is -0.186. The highest BCUT2D eigenvalue weighted by atomic mass is 31.2. The van der Waals surface area contributed by atoms with Crippen LogP contribution in [0.3, 0.4) is 0 Å². The van der Waals surface area contributed by atoms with Crippen LogP contribution in [0.4, 0.5) is 5.82 Å². The fraction of sp³-hybridized carbons (Fsp3) is 0.483. The number of hydrogen-bond acceptors (Lipinski definition) is 13. The van der Waals surface area contributed by atoms with E-state index in [2.05, 4.69) is 15.2 Å². The van der Waals surface area contributed by atoms with Crippen molar-refractivity contribution in [2.24, 2.45) is 0 Å². The Morgan fingerprint density at radius 3 is 2.56 bits per heavy atom. The van der Waals surface area contributed by atoms with Gasteiger partial charge in [-0.25, -0.2) is 14.1 Å². The van der Waals surface area contributed by atoms with E-state index in [4.69, 9.17) is 33.7 Å². The predicted octanol–water partition coefficient (Wildman–Crippen LogP) is 3.53. The fourth-order valence-electron chi connectivity index (χ4n) is 4.56. The maximum atomic E-state index is 14.2. The summed E-state index contributed by atoms with van der Waals surface area (Å²) < 4.78 is 50.5. The van der Waals surface area contributed by atoms with Crippen LogP contribution in [0.1, 0.15) is 58.8 Å². The van der Waals surface area contributed by atoms with Gasteiger partial charge in [0.2, 0.25) is 0 Å². The van der Waals surface area contributed by atoms with Gasteiger partial charge in [-0.2, -0.15) is 10.2 Å². The second kappa shape index (κ2) is 14.8. The van der Waals surface area contributed by atoms with E-state index in [1.54, 1.807) is 56.3 Å². The maximum absolute atomic E-state index is 14.2. The number of benzene rings is 1. The molecule has 3 aromatic rings. The summed E-state index contributed by atoms with van der Waals surface area (Å²) in [6, 6.07) is 10.4. The van der Waals surface area contributed by atoms with Gasteiger partial charge < -0.3 is 29.2 Å². The Labute approximate surface area is 260 Å². The van der Waals surface area contributed by atoms with Crippen LogP contribution in [-0.2, 0) is 42.4 Å². The molecule has 2 aromatic heterocycles. The van der Waals surface area contributed by atoms with Gasteiger partial charge in [-0.1, -0.05) is 39.0 Å². The van der Waals surface area contributed by atoms with Crippen molar-refractivity contribution in [2.75, 3.05) is 25.6 Å². The molecule has 3 heterocycles. The normalized spacial score (nSPS) is 21.5. The monoisotopic (exact) mass is 647 g/mol. The van der Waals surface area contributed by atoms with Crippen LogP contribution in [0.15, 0.2) is 48.8 Å². The lowest BCUT2D eigenvalue weighted by atomic mass is 9.95. The smallest absolute Gasteiger partial charge is 0.459 e. The molecule has 16 heteroatoms. The Hall–Kier alpha value is -4.04. The molecule has 1 unspecified atom stereocenters. The number of nitrogens with zero attached hydrogens (tertiary/aromatic N) is 3. The summed E-state index contributed by atoms with van der Waals surface area (Å²) in [6.45, 7) is 5.71. The Morgan fingerprint density at radius 2 is 1.87 bits per heavy atom. The Kier molecular flexibility index (Phi) is 11.2. The molecule has 1 aliphatic heterocycles. The largest absolute Gasteiger partial charge is 0.465 e.